The summed E-state index contributed by atoms with van der Waals surface area (Å²) in [5, 5.41) is 0.531. The molecular formula is C7H12OS. The highest BCUT2D eigenvalue weighted by Crippen LogP contribution is 2.34. The van der Waals surface area contributed by atoms with Gasteiger partial charge in [-0.15, -0.1) is 0 Å². The summed E-state index contributed by atoms with van der Waals surface area (Å²) in [6.45, 7) is 0. The monoisotopic (exact) mass is 144 g/mol. The molecule has 52 valence electrons. The van der Waals surface area contributed by atoms with Crippen molar-refractivity contribution in [3.8, 4) is 0 Å². The minimum absolute atomic E-state index is 0.493. The van der Waals surface area contributed by atoms with Crippen LogP contribution in [0.15, 0.2) is 0 Å². The zero-order valence-corrected chi connectivity index (χ0v) is 6.31. The number of ether oxygens (including phenoxy) is 1. The fourth-order valence-corrected chi connectivity index (χ4v) is 2.14. The summed E-state index contributed by atoms with van der Waals surface area (Å²) in [6.07, 6.45) is 6.12. The minimum atomic E-state index is 0.493. The van der Waals surface area contributed by atoms with Crippen LogP contribution in [0, 0.1) is 0 Å². The van der Waals surface area contributed by atoms with E-state index in [4.69, 9.17) is 4.74 Å². The van der Waals surface area contributed by atoms with Crippen molar-refractivity contribution in [3.05, 3.63) is 0 Å². The van der Waals surface area contributed by atoms with Crippen LogP contribution >= 0.6 is 12.6 Å². The summed E-state index contributed by atoms with van der Waals surface area (Å²) in [7, 11) is 0. The fourth-order valence-electron chi connectivity index (χ4n) is 1.77. The van der Waals surface area contributed by atoms with Crippen molar-refractivity contribution in [2.45, 2.75) is 43.1 Å². The molecule has 0 N–H and O–H groups in total. The van der Waals surface area contributed by atoms with Gasteiger partial charge in [-0.25, -0.2) is 0 Å². The van der Waals surface area contributed by atoms with Crippen molar-refractivity contribution in [3.63, 3.8) is 0 Å². The lowest BCUT2D eigenvalue weighted by molar-refractivity contribution is 0.0106. The van der Waals surface area contributed by atoms with Gasteiger partial charge in [0.1, 0.15) is 0 Å². The quantitative estimate of drug-likeness (QED) is 0.508. The van der Waals surface area contributed by atoms with Crippen molar-refractivity contribution in [2.75, 3.05) is 0 Å². The topological polar surface area (TPSA) is 9.23 Å². The van der Waals surface area contributed by atoms with E-state index in [0.717, 1.165) is 0 Å². The molecule has 0 spiro atoms. The summed E-state index contributed by atoms with van der Waals surface area (Å²) in [6, 6.07) is 0. The average Bonchev–Trinajstić information content (AvgIpc) is 2.25. The van der Waals surface area contributed by atoms with Crippen LogP contribution in [0.25, 0.3) is 0 Å². The molecule has 2 aliphatic rings. The van der Waals surface area contributed by atoms with Crippen LogP contribution in [0.3, 0.4) is 0 Å². The predicted octanol–water partition coefficient (Wildman–Crippen LogP) is 1.63. The number of hydrogen-bond acceptors (Lipinski definition) is 2. The van der Waals surface area contributed by atoms with E-state index in [9.17, 15) is 0 Å². The molecule has 3 atom stereocenters. The molecule has 0 amide bonds. The van der Waals surface area contributed by atoms with E-state index < -0.39 is 0 Å². The summed E-state index contributed by atoms with van der Waals surface area (Å²) in [5.41, 5.74) is 0. The maximum Gasteiger partial charge on any atom is 0.0695 e. The minimum Gasteiger partial charge on any atom is -0.374 e. The van der Waals surface area contributed by atoms with Gasteiger partial charge >= 0.3 is 0 Å². The Morgan fingerprint density at radius 3 is 2.67 bits per heavy atom. The largest absolute Gasteiger partial charge is 0.374 e. The van der Waals surface area contributed by atoms with Gasteiger partial charge in [0.15, 0.2) is 0 Å². The third-order valence-electron chi connectivity index (χ3n) is 2.35. The molecule has 2 fully saturated rings. The van der Waals surface area contributed by atoms with Crippen LogP contribution in [-0.2, 0) is 4.74 Å². The molecule has 0 radical (unpaired) electrons. The van der Waals surface area contributed by atoms with Gasteiger partial charge in [0.25, 0.3) is 0 Å². The molecule has 9 heavy (non-hydrogen) atoms. The van der Waals surface area contributed by atoms with Gasteiger partial charge in [0.05, 0.1) is 12.2 Å². The van der Waals surface area contributed by atoms with Gasteiger partial charge in [0, 0.05) is 5.25 Å². The van der Waals surface area contributed by atoms with Gasteiger partial charge in [0.2, 0.25) is 0 Å². The molecule has 3 unspecified atom stereocenters. The van der Waals surface area contributed by atoms with Gasteiger partial charge in [-0.3, -0.25) is 0 Å². The molecule has 0 aromatic heterocycles. The Balaban J connectivity index is 2.05. The Hall–Kier alpha value is 0.310. The van der Waals surface area contributed by atoms with E-state index in [1.807, 2.05) is 0 Å². The number of rotatable bonds is 0. The highest BCUT2D eigenvalue weighted by atomic mass is 32.1. The average molecular weight is 144 g/mol. The van der Waals surface area contributed by atoms with Gasteiger partial charge in [-0.05, 0) is 25.7 Å². The van der Waals surface area contributed by atoms with Crippen molar-refractivity contribution in [1.82, 2.24) is 0 Å². The number of hydrogen-bond donors (Lipinski definition) is 1. The second-order valence-electron chi connectivity index (χ2n) is 3.02. The molecular weight excluding hydrogens is 132 g/mol. The smallest absolute Gasteiger partial charge is 0.0695 e. The van der Waals surface area contributed by atoms with Crippen LogP contribution in [-0.4, -0.2) is 17.5 Å². The lowest BCUT2D eigenvalue weighted by Crippen LogP contribution is -2.27. The lowest BCUT2D eigenvalue weighted by atomic mass is 10.1. The second kappa shape index (κ2) is 2.17. The Morgan fingerprint density at radius 1 is 1.11 bits per heavy atom. The fraction of sp³-hybridized carbons (Fsp3) is 1.00. The first-order valence-electron chi connectivity index (χ1n) is 3.70. The first kappa shape index (κ1) is 6.05. The third kappa shape index (κ3) is 0.987. The zero-order valence-electron chi connectivity index (χ0n) is 5.42. The van der Waals surface area contributed by atoms with Crippen molar-refractivity contribution >= 4 is 12.6 Å². The molecule has 2 saturated heterocycles. The van der Waals surface area contributed by atoms with Crippen LogP contribution in [0.2, 0.25) is 0 Å². The van der Waals surface area contributed by atoms with E-state index in [2.05, 4.69) is 12.6 Å². The first-order chi connectivity index (χ1) is 4.36. The third-order valence-corrected chi connectivity index (χ3v) is 2.94. The maximum atomic E-state index is 5.63. The highest BCUT2D eigenvalue weighted by molar-refractivity contribution is 7.81. The second-order valence-corrected chi connectivity index (χ2v) is 3.68. The van der Waals surface area contributed by atoms with E-state index in [1.54, 1.807) is 0 Å². The van der Waals surface area contributed by atoms with E-state index in [-0.39, 0.29) is 0 Å². The highest BCUT2D eigenvalue weighted by Gasteiger charge is 2.34. The first-order valence-corrected chi connectivity index (χ1v) is 4.21. The van der Waals surface area contributed by atoms with Gasteiger partial charge in [-0.2, -0.15) is 12.6 Å². The molecule has 2 heterocycles. The standard InChI is InChI=1S/C7H12OS/c9-7-4-2-5-1-3-6(7)8-5/h5-7,9H,1-4H2. The molecule has 0 aromatic rings. The molecule has 2 aliphatic heterocycles. The summed E-state index contributed by atoms with van der Waals surface area (Å²) in [5.74, 6) is 0. The molecule has 2 heteroatoms. The Kier molecular flexibility index (Phi) is 1.46. The lowest BCUT2D eigenvalue weighted by Gasteiger charge is -2.25. The van der Waals surface area contributed by atoms with Crippen LogP contribution in [0.5, 0.6) is 0 Å². The zero-order chi connectivity index (χ0) is 6.27. The maximum absolute atomic E-state index is 5.63. The van der Waals surface area contributed by atoms with Gasteiger partial charge in [-0.1, -0.05) is 0 Å². The summed E-state index contributed by atoms with van der Waals surface area (Å²) in [4.78, 5) is 0. The molecule has 2 bridgehead atoms. The van der Waals surface area contributed by atoms with Gasteiger partial charge < -0.3 is 4.74 Å². The Morgan fingerprint density at radius 2 is 1.89 bits per heavy atom. The molecule has 1 nitrogen and oxygen atoms in total. The van der Waals surface area contributed by atoms with E-state index >= 15 is 0 Å². The van der Waals surface area contributed by atoms with Crippen molar-refractivity contribution < 1.29 is 4.74 Å². The molecule has 2 rings (SSSR count). The van der Waals surface area contributed by atoms with Crippen molar-refractivity contribution in [2.24, 2.45) is 0 Å². The summed E-state index contributed by atoms with van der Waals surface area (Å²) < 4.78 is 5.63. The van der Waals surface area contributed by atoms with E-state index in [0.29, 0.717) is 17.5 Å². The number of thiol groups is 1. The SMILES string of the molecule is SC1CCC2CCC1O2. The van der Waals surface area contributed by atoms with Crippen LogP contribution in [0.4, 0.5) is 0 Å². The van der Waals surface area contributed by atoms with E-state index in [1.165, 1.54) is 25.7 Å². The van der Waals surface area contributed by atoms with Crippen molar-refractivity contribution in [1.29, 1.82) is 0 Å². The molecule has 0 aliphatic carbocycles. The predicted molar refractivity (Wildman–Crippen MR) is 39.9 cm³/mol. The molecule has 0 aromatic carbocycles. The summed E-state index contributed by atoms with van der Waals surface area (Å²) >= 11 is 4.44. The van der Waals surface area contributed by atoms with Crippen LogP contribution in [0.1, 0.15) is 25.7 Å². The molecule has 0 saturated carbocycles. The Labute approximate surface area is 61.2 Å². The Bertz CT molecular complexity index is 115. The number of fused-ring (bicyclic) bond motifs is 2. The normalized spacial score (nSPS) is 49.7. The van der Waals surface area contributed by atoms with Crippen LogP contribution < -0.4 is 0 Å².